The van der Waals surface area contributed by atoms with Crippen LogP contribution in [0.2, 0.25) is 0 Å². The van der Waals surface area contributed by atoms with Crippen molar-refractivity contribution in [3.63, 3.8) is 0 Å². The maximum absolute atomic E-state index is 11.2. The highest BCUT2D eigenvalue weighted by Crippen LogP contribution is 2.29. The molecule has 3 N–H and O–H groups in total. The smallest absolute Gasteiger partial charge is 0.276 e. The van der Waals surface area contributed by atoms with E-state index in [9.17, 15) is 13.2 Å². The van der Waals surface area contributed by atoms with Crippen molar-refractivity contribution in [2.24, 2.45) is 5.84 Å². The van der Waals surface area contributed by atoms with Crippen molar-refractivity contribution >= 4 is 11.8 Å². The van der Waals surface area contributed by atoms with Crippen LogP contribution in [0.25, 0.3) is 0 Å². The summed E-state index contributed by atoms with van der Waals surface area (Å²) in [4.78, 5) is 3.98. The topological polar surface area (TPSA) is 47.3 Å². The molecule has 0 aliphatic carbocycles. The molecule has 0 rings (SSSR count). The quantitative estimate of drug-likeness (QED) is 0.276. The number of nitrogens with one attached hydrogen (secondary N) is 1. The van der Waals surface area contributed by atoms with Gasteiger partial charge in [-0.15, -0.1) is 5.59 Å². The molecule has 0 aromatic rings. The summed E-state index contributed by atoms with van der Waals surface area (Å²) in [7, 11) is 0. The van der Waals surface area contributed by atoms with Gasteiger partial charge in [-0.25, -0.2) is 5.84 Å². The Bertz CT molecular complexity index is 76.7. The molecule has 0 amide bonds. The van der Waals surface area contributed by atoms with Crippen molar-refractivity contribution < 1.29 is 18.0 Å². The van der Waals surface area contributed by atoms with Crippen LogP contribution >= 0.6 is 11.8 Å². The fourth-order valence-corrected chi connectivity index (χ4v) is 0.391. The van der Waals surface area contributed by atoms with Gasteiger partial charge in [-0.2, -0.15) is 13.2 Å². The van der Waals surface area contributed by atoms with Crippen molar-refractivity contribution in [3.8, 4) is 0 Å². The summed E-state index contributed by atoms with van der Waals surface area (Å²) in [5, 5.41) is 0. The normalized spacial score (nSPS) is 12.0. The van der Waals surface area contributed by atoms with Crippen LogP contribution in [-0.4, -0.2) is 11.4 Å². The molecule has 3 nitrogen and oxygen atoms in total. The lowest BCUT2D eigenvalue weighted by molar-refractivity contribution is -0.0362. The molecule has 0 spiro atoms. The number of thioether (sulfide) groups is 1. The first-order chi connectivity index (χ1) is 4.06. The molecule has 0 aromatic heterocycles. The van der Waals surface area contributed by atoms with E-state index in [0.29, 0.717) is 0 Å². The summed E-state index contributed by atoms with van der Waals surface area (Å²) < 4.78 is 33.6. The third-order valence-corrected chi connectivity index (χ3v) is 0.928. The first-order valence-electron chi connectivity index (χ1n) is 1.84. The predicted molar refractivity (Wildman–Crippen MR) is 26.9 cm³/mol. The Kier molecular flexibility index (Phi) is 3.95. The van der Waals surface area contributed by atoms with Crippen LogP contribution in [0, 0.1) is 0 Å². The van der Waals surface area contributed by atoms with Gasteiger partial charge in [-0.3, -0.25) is 4.84 Å². The molecule has 0 bridgehead atoms. The average molecular weight is 162 g/mol. The molecule has 0 saturated heterocycles. The molecule has 7 heteroatoms. The van der Waals surface area contributed by atoms with Gasteiger partial charge in [0.2, 0.25) is 0 Å². The van der Waals surface area contributed by atoms with E-state index in [4.69, 9.17) is 0 Å². The number of rotatable bonds is 3. The highest BCUT2D eigenvalue weighted by molar-refractivity contribution is 7.99. The summed E-state index contributed by atoms with van der Waals surface area (Å²) in [6.45, 7) is 0. The maximum Gasteiger partial charge on any atom is 0.444 e. The van der Waals surface area contributed by atoms with Crippen LogP contribution < -0.4 is 11.4 Å². The maximum atomic E-state index is 11.2. The minimum Gasteiger partial charge on any atom is -0.276 e. The van der Waals surface area contributed by atoms with Gasteiger partial charge in [0.05, 0.1) is 0 Å². The molecule has 0 aliphatic rings. The molecular formula is C2H5F3N2OS. The summed E-state index contributed by atoms with van der Waals surface area (Å²) in [5.41, 5.74) is -2.63. The standard InChI is InChI=1S/C2H5F3N2OS/c3-2(4,5)9-1-8-7-6/h7H,1,6H2. The summed E-state index contributed by atoms with van der Waals surface area (Å²) in [6.07, 6.45) is 0. The first kappa shape index (κ1) is 9.02. The highest BCUT2D eigenvalue weighted by Gasteiger charge is 2.27. The molecule has 0 atom stereocenters. The largest absolute Gasteiger partial charge is 0.444 e. The van der Waals surface area contributed by atoms with E-state index >= 15 is 0 Å². The van der Waals surface area contributed by atoms with Crippen LogP contribution in [-0.2, 0) is 4.84 Å². The molecule has 0 radical (unpaired) electrons. The van der Waals surface area contributed by atoms with Gasteiger partial charge in [-0.05, 0) is 11.8 Å². The zero-order chi connectivity index (χ0) is 7.33. The number of halogens is 3. The molecule has 0 aromatic carbocycles. The molecule has 56 valence electrons. The molecule has 0 saturated carbocycles. The Morgan fingerprint density at radius 2 is 2.11 bits per heavy atom. The fourth-order valence-electron chi connectivity index (χ4n) is 0.130. The Morgan fingerprint density at radius 3 is 2.44 bits per heavy atom. The van der Waals surface area contributed by atoms with Gasteiger partial charge < -0.3 is 0 Å². The van der Waals surface area contributed by atoms with Crippen molar-refractivity contribution in [1.29, 1.82) is 0 Å². The minimum absolute atomic E-state index is 0.307. The number of alkyl halides is 3. The lowest BCUT2D eigenvalue weighted by Crippen LogP contribution is -2.22. The Balaban J connectivity index is 3.07. The van der Waals surface area contributed by atoms with Gasteiger partial charge >= 0.3 is 5.51 Å². The number of nitrogens with two attached hydrogens (primary N) is 1. The molecule has 9 heavy (non-hydrogen) atoms. The van der Waals surface area contributed by atoms with E-state index in [-0.39, 0.29) is 11.8 Å². The molecule has 0 fully saturated rings. The number of hydrazine groups is 1. The Hall–Kier alpha value is 0.0200. The van der Waals surface area contributed by atoms with Crippen molar-refractivity contribution in [2.45, 2.75) is 5.51 Å². The van der Waals surface area contributed by atoms with Gasteiger partial charge in [0.15, 0.2) is 0 Å². The van der Waals surface area contributed by atoms with Gasteiger partial charge in [0, 0.05) is 0 Å². The second-order valence-electron chi connectivity index (χ2n) is 0.970. The van der Waals surface area contributed by atoms with E-state index in [1.54, 1.807) is 5.59 Å². The third kappa shape index (κ3) is 8.02. The molecule has 0 unspecified atom stereocenters. The van der Waals surface area contributed by atoms with Crippen LogP contribution in [0.1, 0.15) is 0 Å². The zero-order valence-corrected chi connectivity index (χ0v) is 5.05. The summed E-state index contributed by atoms with van der Waals surface area (Å²) >= 11 is -0.307. The number of hydrogen-bond acceptors (Lipinski definition) is 4. The molecular weight excluding hydrogens is 157 g/mol. The lowest BCUT2D eigenvalue weighted by atomic mass is 11.5. The fraction of sp³-hybridized carbons (Fsp3) is 1.00. The lowest BCUT2D eigenvalue weighted by Gasteiger charge is -2.03. The number of hydrogen-bond donors (Lipinski definition) is 2. The Labute approximate surface area is 53.7 Å². The minimum atomic E-state index is -4.25. The second kappa shape index (κ2) is 3.94. The predicted octanol–water partition coefficient (Wildman–Crippen LogP) is 0.592. The zero-order valence-electron chi connectivity index (χ0n) is 4.23. The Morgan fingerprint density at radius 1 is 1.56 bits per heavy atom. The van der Waals surface area contributed by atoms with Crippen LogP contribution in [0.15, 0.2) is 0 Å². The highest BCUT2D eigenvalue weighted by atomic mass is 32.2. The van der Waals surface area contributed by atoms with Crippen LogP contribution in [0.3, 0.4) is 0 Å². The van der Waals surface area contributed by atoms with Crippen molar-refractivity contribution in [2.75, 3.05) is 5.94 Å². The van der Waals surface area contributed by atoms with E-state index in [2.05, 4.69) is 10.7 Å². The SMILES string of the molecule is NNOCSC(F)(F)F. The van der Waals surface area contributed by atoms with Gasteiger partial charge in [0.25, 0.3) is 0 Å². The van der Waals surface area contributed by atoms with Crippen molar-refractivity contribution in [3.05, 3.63) is 0 Å². The summed E-state index contributed by atoms with van der Waals surface area (Å²) in [6, 6.07) is 0. The molecule has 0 aliphatic heterocycles. The monoisotopic (exact) mass is 162 g/mol. The second-order valence-corrected chi connectivity index (χ2v) is 1.96. The van der Waals surface area contributed by atoms with E-state index in [1.165, 1.54) is 0 Å². The van der Waals surface area contributed by atoms with Crippen LogP contribution in [0.5, 0.6) is 0 Å². The van der Waals surface area contributed by atoms with E-state index < -0.39 is 11.4 Å². The summed E-state index contributed by atoms with van der Waals surface area (Å²) in [5.74, 6) is 3.96. The van der Waals surface area contributed by atoms with Crippen LogP contribution in [0.4, 0.5) is 13.2 Å². The van der Waals surface area contributed by atoms with Crippen molar-refractivity contribution in [1.82, 2.24) is 5.59 Å². The third-order valence-electron chi connectivity index (χ3n) is 0.365. The first-order valence-corrected chi connectivity index (χ1v) is 2.83. The van der Waals surface area contributed by atoms with E-state index in [0.717, 1.165) is 0 Å². The average Bonchev–Trinajstić information content (AvgIpc) is 1.63. The molecule has 0 heterocycles. The van der Waals surface area contributed by atoms with E-state index in [1.807, 2.05) is 0 Å². The van der Waals surface area contributed by atoms with Gasteiger partial charge in [0.1, 0.15) is 5.94 Å². The van der Waals surface area contributed by atoms with Gasteiger partial charge in [-0.1, -0.05) is 0 Å².